The molecule has 0 bridgehead atoms. The Bertz CT molecular complexity index is 632. The van der Waals surface area contributed by atoms with Crippen LogP contribution in [0.3, 0.4) is 0 Å². The van der Waals surface area contributed by atoms with E-state index in [9.17, 15) is 0 Å². The van der Waals surface area contributed by atoms with Crippen LogP contribution in [0, 0.1) is 6.92 Å². The van der Waals surface area contributed by atoms with E-state index in [1.807, 2.05) is 32.0 Å². The van der Waals surface area contributed by atoms with Crippen LogP contribution in [-0.4, -0.2) is 11.5 Å². The number of hydrogen-bond donors (Lipinski definition) is 2. The van der Waals surface area contributed by atoms with Crippen molar-refractivity contribution < 1.29 is 0 Å². The third-order valence-corrected chi connectivity index (χ3v) is 4.35. The highest BCUT2D eigenvalue weighted by molar-refractivity contribution is 9.10. The molecule has 1 aromatic carbocycles. The Morgan fingerprint density at radius 1 is 1.20 bits per heavy atom. The number of rotatable bonds is 4. The van der Waals surface area contributed by atoms with Gasteiger partial charge in [0.05, 0.1) is 15.7 Å². The third-order valence-electron chi connectivity index (χ3n) is 2.72. The summed E-state index contributed by atoms with van der Waals surface area (Å²) in [5.74, 6) is 1.18. The van der Waals surface area contributed by atoms with Gasteiger partial charge in [0.25, 0.3) is 0 Å². The molecule has 1 heterocycles. The monoisotopic (exact) mass is 373 g/mol. The zero-order valence-electron chi connectivity index (χ0n) is 11.1. The number of benzene rings is 1. The van der Waals surface area contributed by atoms with Crippen LogP contribution in [0.25, 0.3) is 0 Å². The van der Waals surface area contributed by atoms with Gasteiger partial charge in [-0.1, -0.05) is 35.3 Å². The molecule has 0 aliphatic carbocycles. The summed E-state index contributed by atoms with van der Waals surface area (Å²) in [4.78, 5) is 4.42. The number of nitrogens with one attached hydrogen (secondary N) is 2. The largest absolute Gasteiger partial charge is 0.369 e. The van der Waals surface area contributed by atoms with Crippen LogP contribution >= 0.6 is 39.1 Å². The normalized spacial score (nSPS) is 10.4. The van der Waals surface area contributed by atoms with E-state index in [2.05, 4.69) is 31.5 Å². The zero-order chi connectivity index (χ0) is 14.7. The van der Waals surface area contributed by atoms with Gasteiger partial charge in [0.1, 0.15) is 5.82 Å². The van der Waals surface area contributed by atoms with Gasteiger partial charge in [-0.25, -0.2) is 4.98 Å². The molecular weight excluding hydrogens is 361 g/mol. The summed E-state index contributed by atoms with van der Waals surface area (Å²) in [7, 11) is 0. The van der Waals surface area contributed by atoms with Crippen LogP contribution in [0.2, 0.25) is 10.0 Å². The molecule has 0 spiro atoms. The maximum Gasteiger partial charge on any atom is 0.151 e. The summed E-state index contributed by atoms with van der Waals surface area (Å²) in [5, 5.41) is 7.30. The van der Waals surface area contributed by atoms with Gasteiger partial charge in [-0.2, -0.15) is 0 Å². The Balaban J connectivity index is 2.38. The van der Waals surface area contributed by atoms with Crippen LogP contribution in [0.15, 0.2) is 28.7 Å². The van der Waals surface area contributed by atoms with Gasteiger partial charge >= 0.3 is 0 Å². The Labute approximate surface area is 136 Å². The smallest absolute Gasteiger partial charge is 0.151 e. The van der Waals surface area contributed by atoms with Crippen LogP contribution < -0.4 is 10.6 Å². The standard InChI is InChI=1S/C14H14BrCl2N3/c1-3-18-13-9(16)7-10(17)14(20-13)19-11-6-4-5-8(2)12(11)15/h4-7H,3H2,1-2H3,(H2,18,19,20). The van der Waals surface area contributed by atoms with E-state index in [-0.39, 0.29) is 0 Å². The first-order valence-corrected chi connectivity index (χ1v) is 7.70. The molecule has 0 atom stereocenters. The van der Waals surface area contributed by atoms with Gasteiger partial charge in [0.15, 0.2) is 5.82 Å². The number of aryl methyl sites for hydroxylation is 1. The lowest BCUT2D eigenvalue weighted by Gasteiger charge is -2.13. The minimum absolute atomic E-state index is 0.477. The molecule has 2 aromatic rings. The maximum absolute atomic E-state index is 6.19. The minimum Gasteiger partial charge on any atom is -0.369 e. The quantitative estimate of drug-likeness (QED) is 0.727. The number of nitrogens with zero attached hydrogens (tertiary/aromatic N) is 1. The van der Waals surface area contributed by atoms with E-state index < -0.39 is 0 Å². The minimum atomic E-state index is 0.477. The molecule has 106 valence electrons. The summed E-state index contributed by atoms with van der Waals surface area (Å²) in [6, 6.07) is 7.63. The summed E-state index contributed by atoms with van der Waals surface area (Å²) in [6.07, 6.45) is 0. The second-order valence-corrected chi connectivity index (χ2v) is 5.85. The first-order chi connectivity index (χ1) is 9.52. The Kier molecular flexibility index (Phi) is 5.13. The van der Waals surface area contributed by atoms with Crippen LogP contribution in [0.5, 0.6) is 0 Å². The van der Waals surface area contributed by atoms with Crippen molar-refractivity contribution in [1.29, 1.82) is 0 Å². The predicted molar refractivity (Wildman–Crippen MR) is 90.6 cm³/mol. The maximum atomic E-state index is 6.19. The third kappa shape index (κ3) is 3.37. The fraction of sp³-hybridized carbons (Fsp3) is 0.214. The van der Waals surface area contributed by atoms with Crippen LogP contribution in [0.1, 0.15) is 12.5 Å². The molecule has 0 unspecified atom stereocenters. The highest BCUT2D eigenvalue weighted by Gasteiger charge is 2.11. The van der Waals surface area contributed by atoms with Gasteiger partial charge in [-0.15, -0.1) is 0 Å². The SMILES string of the molecule is CCNc1nc(Nc2cccc(C)c2Br)c(Cl)cc1Cl. The Morgan fingerprint density at radius 2 is 1.90 bits per heavy atom. The van der Waals surface area contributed by atoms with Crippen molar-refractivity contribution in [3.05, 3.63) is 44.3 Å². The lowest BCUT2D eigenvalue weighted by Crippen LogP contribution is -2.03. The highest BCUT2D eigenvalue weighted by Crippen LogP contribution is 2.34. The molecule has 2 rings (SSSR count). The van der Waals surface area contributed by atoms with E-state index in [4.69, 9.17) is 23.2 Å². The lowest BCUT2D eigenvalue weighted by atomic mass is 10.2. The number of pyridine rings is 1. The van der Waals surface area contributed by atoms with Crippen molar-refractivity contribution in [2.24, 2.45) is 0 Å². The fourth-order valence-electron chi connectivity index (χ4n) is 1.72. The highest BCUT2D eigenvalue weighted by atomic mass is 79.9. The summed E-state index contributed by atoms with van der Waals surface area (Å²) in [6.45, 7) is 4.75. The van der Waals surface area contributed by atoms with E-state index in [0.717, 1.165) is 22.3 Å². The van der Waals surface area contributed by atoms with E-state index in [1.165, 1.54) is 0 Å². The van der Waals surface area contributed by atoms with Crippen molar-refractivity contribution in [1.82, 2.24) is 4.98 Å². The first-order valence-electron chi connectivity index (χ1n) is 6.15. The molecule has 0 fully saturated rings. The molecule has 0 aliphatic rings. The van der Waals surface area contributed by atoms with Crippen molar-refractivity contribution in [3.63, 3.8) is 0 Å². The first kappa shape index (κ1) is 15.4. The predicted octanol–water partition coefficient (Wildman–Crippen LogP) is 5.63. The molecule has 20 heavy (non-hydrogen) atoms. The number of anilines is 3. The van der Waals surface area contributed by atoms with Crippen LogP contribution in [-0.2, 0) is 0 Å². The van der Waals surface area contributed by atoms with Gasteiger partial charge in [0, 0.05) is 11.0 Å². The zero-order valence-corrected chi connectivity index (χ0v) is 14.2. The van der Waals surface area contributed by atoms with Crippen molar-refractivity contribution in [2.75, 3.05) is 17.2 Å². The van der Waals surface area contributed by atoms with Crippen LogP contribution in [0.4, 0.5) is 17.3 Å². The number of hydrogen-bond acceptors (Lipinski definition) is 3. The number of halogens is 3. The Morgan fingerprint density at radius 3 is 2.60 bits per heavy atom. The lowest BCUT2D eigenvalue weighted by molar-refractivity contribution is 1.16. The molecule has 2 N–H and O–H groups in total. The fourth-order valence-corrected chi connectivity index (χ4v) is 2.55. The summed E-state index contributed by atoms with van der Waals surface area (Å²) in [5.41, 5.74) is 2.04. The van der Waals surface area contributed by atoms with E-state index in [0.29, 0.717) is 21.7 Å². The molecule has 3 nitrogen and oxygen atoms in total. The van der Waals surface area contributed by atoms with Gasteiger partial charge < -0.3 is 10.6 Å². The topological polar surface area (TPSA) is 37.0 Å². The average molecular weight is 375 g/mol. The van der Waals surface area contributed by atoms with Crippen molar-refractivity contribution in [2.45, 2.75) is 13.8 Å². The molecule has 0 radical (unpaired) electrons. The molecule has 0 amide bonds. The van der Waals surface area contributed by atoms with Gasteiger partial charge in [-0.3, -0.25) is 0 Å². The summed E-state index contributed by atoms with van der Waals surface area (Å²) < 4.78 is 0.984. The Hall–Kier alpha value is -0.970. The van der Waals surface area contributed by atoms with Crippen molar-refractivity contribution in [3.8, 4) is 0 Å². The van der Waals surface area contributed by atoms with Gasteiger partial charge in [0.2, 0.25) is 0 Å². The second-order valence-electron chi connectivity index (χ2n) is 4.24. The van der Waals surface area contributed by atoms with Gasteiger partial charge in [-0.05, 0) is 47.5 Å². The molecule has 1 aromatic heterocycles. The van der Waals surface area contributed by atoms with E-state index >= 15 is 0 Å². The molecule has 0 saturated heterocycles. The van der Waals surface area contributed by atoms with Crippen molar-refractivity contribution >= 4 is 56.5 Å². The summed E-state index contributed by atoms with van der Waals surface area (Å²) >= 11 is 15.8. The molecular formula is C14H14BrCl2N3. The average Bonchev–Trinajstić information content (AvgIpc) is 2.40. The molecule has 0 saturated carbocycles. The molecule has 6 heteroatoms. The number of aromatic nitrogens is 1. The molecule has 0 aliphatic heterocycles. The second kappa shape index (κ2) is 6.66. The van der Waals surface area contributed by atoms with E-state index in [1.54, 1.807) is 6.07 Å².